The Morgan fingerprint density at radius 1 is 1.12 bits per heavy atom. The highest BCUT2D eigenvalue weighted by Gasteiger charge is 2.06. The number of allylic oxidation sites excluding steroid dienone is 1. The Morgan fingerprint density at radius 2 is 2.00 bits per heavy atom. The minimum Gasteiger partial charge on any atom is -0.370 e. The summed E-state index contributed by atoms with van der Waals surface area (Å²) in [6, 6.07) is 9.78. The van der Waals surface area contributed by atoms with Crippen molar-refractivity contribution in [1.29, 1.82) is 0 Å². The minimum absolute atomic E-state index is 0.607. The van der Waals surface area contributed by atoms with Crippen molar-refractivity contribution in [1.82, 2.24) is 9.97 Å². The van der Waals surface area contributed by atoms with Gasteiger partial charge in [-0.15, -0.1) is 0 Å². The molecule has 0 unspecified atom stereocenters. The van der Waals surface area contributed by atoms with E-state index in [4.69, 9.17) is 11.6 Å². The molecule has 0 saturated carbocycles. The van der Waals surface area contributed by atoms with E-state index < -0.39 is 0 Å². The van der Waals surface area contributed by atoms with Crippen molar-refractivity contribution in [2.75, 3.05) is 17.2 Å². The number of aromatic nitrogens is 2. The van der Waals surface area contributed by atoms with Crippen molar-refractivity contribution in [3.05, 3.63) is 58.3 Å². The van der Waals surface area contributed by atoms with Crippen LogP contribution in [0.3, 0.4) is 0 Å². The molecule has 132 valence electrons. The molecule has 0 atom stereocenters. The summed E-state index contributed by atoms with van der Waals surface area (Å²) in [6.07, 6.45) is 8.63. The second kappa shape index (κ2) is 8.86. The van der Waals surface area contributed by atoms with Crippen molar-refractivity contribution >= 4 is 23.4 Å². The predicted molar refractivity (Wildman–Crippen MR) is 105 cm³/mol. The molecule has 1 aromatic carbocycles. The maximum Gasteiger partial charge on any atom is 0.225 e. The van der Waals surface area contributed by atoms with Crippen molar-refractivity contribution < 1.29 is 0 Å². The summed E-state index contributed by atoms with van der Waals surface area (Å²) in [4.78, 5) is 9.02. The first kappa shape index (κ1) is 17.7. The van der Waals surface area contributed by atoms with Crippen LogP contribution in [0.15, 0.2) is 42.0 Å². The molecule has 1 heterocycles. The standard InChI is InChI=1S/C20H25ClN4/c1-15-13-19(22-12-11-16-7-3-2-4-8-16)25-20(24-15)23-14-17-9-5-6-10-18(17)21/h5-7,9-10,13H,2-4,8,11-12,14H2,1H3,(H2,22,23,24,25). The lowest BCUT2D eigenvalue weighted by atomic mass is 9.97. The number of nitrogens with one attached hydrogen (secondary N) is 2. The van der Waals surface area contributed by atoms with E-state index in [1.165, 1.54) is 25.7 Å². The van der Waals surface area contributed by atoms with Crippen molar-refractivity contribution in [2.24, 2.45) is 0 Å². The highest BCUT2D eigenvalue weighted by molar-refractivity contribution is 6.31. The predicted octanol–water partition coefficient (Wildman–Crippen LogP) is 5.35. The maximum atomic E-state index is 6.20. The van der Waals surface area contributed by atoms with E-state index in [0.717, 1.165) is 35.1 Å². The summed E-state index contributed by atoms with van der Waals surface area (Å²) in [5.41, 5.74) is 3.55. The molecule has 0 aliphatic heterocycles. The van der Waals surface area contributed by atoms with Crippen molar-refractivity contribution in [2.45, 2.75) is 45.6 Å². The van der Waals surface area contributed by atoms with Crippen molar-refractivity contribution in [3.63, 3.8) is 0 Å². The average Bonchev–Trinajstić information content (AvgIpc) is 2.62. The largest absolute Gasteiger partial charge is 0.370 e. The lowest BCUT2D eigenvalue weighted by molar-refractivity contribution is 0.679. The smallest absolute Gasteiger partial charge is 0.225 e. The number of hydrogen-bond donors (Lipinski definition) is 2. The van der Waals surface area contributed by atoms with E-state index in [2.05, 4.69) is 26.7 Å². The maximum absolute atomic E-state index is 6.20. The molecule has 0 amide bonds. The third kappa shape index (κ3) is 5.46. The zero-order chi connectivity index (χ0) is 17.5. The van der Waals surface area contributed by atoms with Gasteiger partial charge in [-0.2, -0.15) is 4.98 Å². The van der Waals surface area contributed by atoms with Crippen LogP contribution in [0.25, 0.3) is 0 Å². The molecule has 4 nitrogen and oxygen atoms in total. The number of anilines is 2. The van der Waals surface area contributed by atoms with Gasteiger partial charge < -0.3 is 10.6 Å². The Hall–Kier alpha value is -2.07. The van der Waals surface area contributed by atoms with Gasteiger partial charge in [0, 0.05) is 29.9 Å². The molecular formula is C20H25ClN4. The van der Waals surface area contributed by atoms with Crippen molar-refractivity contribution in [3.8, 4) is 0 Å². The number of aryl methyl sites for hydroxylation is 1. The molecular weight excluding hydrogens is 332 g/mol. The van der Waals surface area contributed by atoms with Gasteiger partial charge in [0.25, 0.3) is 0 Å². The normalized spacial score (nSPS) is 14.1. The number of rotatable bonds is 7. The van der Waals surface area contributed by atoms with Crippen LogP contribution in [0, 0.1) is 6.92 Å². The van der Waals surface area contributed by atoms with Gasteiger partial charge in [0.05, 0.1) is 0 Å². The molecule has 0 spiro atoms. The van der Waals surface area contributed by atoms with Gasteiger partial charge in [-0.25, -0.2) is 4.98 Å². The van der Waals surface area contributed by atoms with Gasteiger partial charge in [-0.05, 0) is 50.7 Å². The highest BCUT2D eigenvalue weighted by atomic mass is 35.5. The van der Waals surface area contributed by atoms with E-state index in [1.807, 2.05) is 37.3 Å². The van der Waals surface area contributed by atoms with Crippen LogP contribution in [-0.4, -0.2) is 16.5 Å². The molecule has 3 rings (SSSR count). The van der Waals surface area contributed by atoms with E-state index in [1.54, 1.807) is 5.57 Å². The molecule has 0 saturated heterocycles. The molecule has 1 aliphatic carbocycles. The van der Waals surface area contributed by atoms with Crippen LogP contribution in [-0.2, 0) is 6.54 Å². The van der Waals surface area contributed by atoms with Crippen LogP contribution >= 0.6 is 11.6 Å². The first-order valence-corrected chi connectivity index (χ1v) is 9.33. The van der Waals surface area contributed by atoms with Gasteiger partial charge in [-0.1, -0.05) is 41.4 Å². The second-order valence-corrected chi connectivity index (χ2v) is 6.86. The lowest BCUT2D eigenvalue weighted by Crippen LogP contribution is -2.10. The summed E-state index contributed by atoms with van der Waals surface area (Å²) in [6.45, 7) is 3.50. The number of nitrogens with zero attached hydrogens (tertiary/aromatic N) is 2. The quantitative estimate of drug-likeness (QED) is 0.656. The highest BCUT2D eigenvalue weighted by Crippen LogP contribution is 2.20. The summed E-state index contributed by atoms with van der Waals surface area (Å²) in [7, 11) is 0. The zero-order valence-electron chi connectivity index (χ0n) is 14.7. The summed E-state index contributed by atoms with van der Waals surface area (Å²) in [5.74, 6) is 1.49. The third-order valence-corrected chi connectivity index (χ3v) is 4.75. The summed E-state index contributed by atoms with van der Waals surface area (Å²) < 4.78 is 0. The fraction of sp³-hybridized carbons (Fsp3) is 0.400. The first-order valence-electron chi connectivity index (χ1n) is 8.95. The number of hydrogen-bond acceptors (Lipinski definition) is 4. The minimum atomic E-state index is 0.607. The van der Waals surface area contributed by atoms with Gasteiger partial charge in [0.15, 0.2) is 0 Å². The molecule has 25 heavy (non-hydrogen) atoms. The van der Waals surface area contributed by atoms with Gasteiger partial charge in [-0.3, -0.25) is 0 Å². The molecule has 0 radical (unpaired) electrons. The SMILES string of the molecule is Cc1cc(NCCC2=CCCCC2)nc(NCc2ccccc2Cl)n1. The topological polar surface area (TPSA) is 49.8 Å². The van der Waals surface area contributed by atoms with Crippen LogP contribution in [0.4, 0.5) is 11.8 Å². The van der Waals surface area contributed by atoms with Crippen LogP contribution < -0.4 is 10.6 Å². The van der Waals surface area contributed by atoms with Gasteiger partial charge in [0.2, 0.25) is 5.95 Å². The zero-order valence-corrected chi connectivity index (χ0v) is 15.4. The van der Waals surface area contributed by atoms with Gasteiger partial charge >= 0.3 is 0 Å². The molecule has 1 aromatic heterocycles. The molecule has 5 heteroatoms. The monoisotopic (exact) mass is 356 g/mol. The molecule has 0 fully saturated rings. The molecule has 2 N–H and O–H groups in total. The Morgan fingerprint density at radius 3 is 2.80 bits per heavy atom. The molecule has 1 aliphatic rings. The van der Waals surface area contributed by atoms with E-state index in [9.17, 15) is 0 Å². The fourth-order valence-corrected chi connectivity index (χ4v) is 3.24. The van der Waals surface area contributed by atoms with Crippen LogP contribution in [0.5, 0.6) is 0 Å². The summed E-state index contributed by atoms with van der Waals surface area (Å²) in [5, 5.41) is 7.44. The lowest BCUT2D eigenvalue weighted by Gasteiger charge is -2.14. The van der Waals surface area contributed by atoms with Crippen LogP contribution in [0.2, 0.25) is 5.02 Å². The number of halogens is 1. The first-order chi connectivity index (χ1) is 12.2. The summed E-state index contributed by atoms with van der Waals surface area (Å²) >= 11 is 6.20. The van der Waals surface area contributed by atoms with E-state index in [-0.39, 0.29) is 0 Å². The molecule has 0 bridgehead atoms. The van der Waals surface area contributed by atoms with Crippen LogP contribution in [0.1, 0.15) is 43.4 Å². The Bertz CT molecular complexity index is 742. The van der Waals surface area contributed by atoms with E-state index in [0.29, 0.717) is 12.5 Å². The third-order valence-electron chi connectivity index (χ3n) is 4.39. The Balaban J connectivity index is 1.56. The second-order valence-electron chi connectivity index (χ2n) is 6.45. The van der Waals surface area contributed by atoms with Gasteiger partial charge in [0.1, 0.15) is 5.82 Å². The Labute approximate surface area is 154 Å². The number of benzene rings is 1. The Kier molecular flexibility index (Phi) is 6.29. The average molecular weight is 357 g/mol. The van der Waals surface area contributed by atoms with E-state index >= 15 is 0 Å². The fourth-order valence-electron chi connectivity index (χ4n) is 3.04. The molecule has 2 aromatic rings.